The molecule has 1 atom stereocenters. The molecule has 1 aromatic carbocycles. The Hall–Kier alpha value is -1.74. The summed E-state index contributed by atoms with van der Waals surface area (Å²) < 4.78 is 13.4. The van der Waals surface area contributed by atoms with Gasteiger partial charge < -0.3 is 5.32 Å². The number of nitrogens with one attached hydrogen (secondary N) is 1. The predicted octanol–water partition coefficient (Wildman–Crippen LogP) is 3.54. The molecular formula is C16H19FN2. The molecule has 2 aromatic rings. The van der Waals surface area contributed by atoms with E-state index in [1.165, 1.54) is 6.07 Å². The van der Waals surface area contributed by atoms with Crippen LogP contribution in [0.4, 0.5) is 4.39 Å². The number of benzene rings is 1. The zero-order valence-corrected chi connectivity index (χ0v) is 11.6. The first kappa shape index (κ1) is 13.7. The maximum atomic E-state index is 13.4. The van der Waals surface area contributed by atoms with E-state index in [1.54, 1.807) is 6.92 Å². The molecule has 0 saturated carbocycles. The van der Waals surface area contributed by atoms with Crippen molar-refractivity contribution in [2.24, 2.45) is 0 Å². The van der Waals surface area contributed by atoms with E-state index in [2.05, 4.69) is 17.2 Å². The van der Waals surface area contributed by atoms with Gasteiger partial charge in [-0.3, -0.25) is 4.98 Å². The fourth-order valence-corrected chi connectivity index (χ4v) is 2.17. The molecule has 19 heavy (non-hydrogen) atoms. The Labute approximate surface area is 113 Å². The van der Waals surface area contributed by atoms with Gasteiger partial charge in [0, 0.05) is 5.69 Å². The Morgan fingerprint density at radius 1 is 1.21 bits per heavy atom. The molecule has 100 valence electrons. The Morgan fingerprint density at radius 3 is 2.63 bits per heavy atom. The number of rotatable bonds is 4. The van der Waals surface area contributed by atoms with Gasteiger partial charge in [0.1, 0.15) is 5.82 Å². The lowest BCUT2D eigenvalue weighted by molar-refractivity contribution is 0.599. The van der Waals surface area contributed by atoms with Crippen LogP contribution in [0.25, 0.3) is 0 Å². The van der Waals surface area contributed by atoms with Crippen molar-refractivity contribution in [3.63, 3.8) is 0 Å². The molecule has 1 heterocycles. The molecule has 0 amide bonds. The highest BCUT2D eigenvalue weighted by Gasteiger charge is 2.15. The van der Waals surface area contributed by atoms with Crippen molar-refractivity contribution in [3.05, 3.63) is 64.7 Å². The van der Waals surface area contributed by atoms with Crippen LogP contribution in [-0.2, 0) is 0 Å². The van der Waals surface area contributed by atoms with Crippen LogP contribution in [0.2, 0.25) is 0 Å². The molecule has 1 unspecified atom stereocenters. The highest BCUT2D eigenvalue weighted by atomic mass is 19.1. The van der Waals surface area contributed by atoms with Gasteiger partial charge in [0.05, 0.1) is 11.7 Å². The molecule has 0 spiro atoms. The average Bonchev–Trinajstić information content (AvgIpc) is 2.39. The third kappa shape index (κ3) is 3.18. The van der Waals surface area contributed by atoms with Crippen LogP contribution in [0.1, 0.15) is 35.5 Å². The first-order chi connectivity index (χ1) is 9.11. The largest absolute Gasteiger partial charge is 0.305 e. The molecular weight excluding hydrogens is 239 g/mol. The molecule has 0 aliphatic heterocycles. The van der Waals surface area contributed by atoms with Gasteiger partial charge in [-0.15, -0.1) is 0 Å². The quantitative estimate of drug-likeness (QED) is 0.907. The second-order valence-corrected chi connectivity index (χ2v) is 4.70. The third-order valence-corrected chi connectivity index (χ3v) is 3.13. The normalized spacial score (nSPS) is 12.4. The van der Waals surface area contributed by atoms with Gasteiger partial charge in [0.2, 0.25) is 0 Å². The second-order valence-electron chi connectivity index (χ2n) is 4.70. The molecule has 3 heteroatoms. The molecule has 0 aliphatic carbocycles. The van der Waals surface area contributed by atoms with Crippen molar-refractivity contribution >= 4 is 0 Å². The SMILES string of the molecule is CCNC(c1ccc(F)c(C)c1)c1cccc(C)n1. The molecule has 1 N–H and O–H groups in total. The minimum atomic E-state index is -0.170. The van der Waals surface area contributed by atoms with Crippen molar-refractivity contribution in [2.45, 2.75) is 26.8 Å². The standard InChI is InChI=1S/C16H19FN2/c1-4-18-16(15-7-5-6-12(3)19-15)13-8-9-14(17)11(2)10-13/h5-10,16,18H,4H2,1-3H3. The van der Waals surface area contributed by atoms with Crippen LogP contribution >= 0.6 is 0 Å². The molecule has 1 aromatic heterocycles. The Bertz CT molecular complexity index is 566. The van der Waals surface area contributed by atoms with Gasteiger partial charge in [-0.2, -0.15) is 0 Å². The Morgan fingerprint density at radius 2 is 2.00 bits per heavy atom. The summed E-state index contributed by atoms with van der Waals surface area (Å²) in [4.78, 5) is 4.56. The number of aromatic nitrogens is 1. The van der Waals surface area contributed by atoms with Crippen LogP contribution in [0.5, 0.6) is 0 Å². The lowest BCUT2D eigenvalue weighted by atomic mass is 10.0. The number of hydrogen-bond acceptors (Lipinski definition) is 2. The van der Waals surface area contributed by atoms with Crippen LogP contribution in [-0.4, -0.2) is 11.5 Å². The maximum absolute atomic E-state index is 13.4. The van der Waals surface area contributed by atoms with E-state index < -0.39 is 0 Å². The van der Waals surface area contributed by atoms with E-state index in [0.717, 1.165) is 23.5 Å². The highest BCUT2D eigenvalue weighted by molar-refractivity contribution is 5.32. The minimum absolute atomic E-state index is 0.00389. The molecule has 2 rings (SSSR count). The van der Waals surface area contributed by atoms with Crippen molar-refractivity contribution in [2.75, 3.05) is 6.54 Å². The zero-order chi connectivity index (χ0) is 13.8. The summed E-state index contributed by atoms with van der Waals surface area (Å²) in [5, 5.41) is 3.40. The van der Waals surface area contributed by atoms with Crippen LogP contribution in [0.3, 0.4) is 0 Å². The van der Waals surface area contributed by atoms with Gasteiger partial charge in [0.15, 0.2) is 0 Å². The van der Waals surface area contributed by atoms with Gasteiger partial charge in [0.25, 0.3) is 0 Å². The third-order valence-electron chi connectivity index (χ3n) is 3.13. The number of pyridine rings is 1. The average molecular weight is 258 g/mol. The van der Waals surface area contributed by atoms with E-state index in [9.17, 15) is 4.39 Å². The lowest BCUT2D eigenvalue weighted by Crippen LogP contribution is -2.23. The van der Waals surface area contributed by atoms with Crippen LogP contribution in [0.15, 0.2) is 36.4 Å². The van der Waals surface area contributed by atoms with Crippen LogP contribution < -0.4 is 5.32 Å². The number of hydrogen-bond donors (Lipinski definition) is 1. The summed E-state index contributed by atoms with van der Waals surface area (Å²) in [6.07, 6.45) is 0. The second kappa shape index (κ2) is 5.93. The zero-order valence-electron chi connectivity index (χ0n) is 11.6. The summed E-state index contributed by atoms with van der Waals surface area (Å²) in [6, 6.07) is 11.2. The smallest absolute Gasteiger partial charge is 0.126 e. The minimum Gasteiger partial charge on any atom is -0.305 e. The lowest BCUT2D eigenvalue weighted by Gasteiger charge is -2.19. The van der Waals surface area contributed by atoms with Gasteiger partial charge in [-0.25, -0.2) is 4.39 Å². The summed E-state index contributed by atoms with van der Waals surface area (Å²) >= 11 is 0. The number of aryl methyl sites for hydroxylation is 2. The Balaban J connectivity index is 2.42. The van der Waals surface area contributed by atoms with Crippen molar-refractivity contribution in [1.82, 2.24) is 10.3 Å². The van der Waals surface area contributed by atoms with Crippen molar-refractivity contribution < 1.29 is 4.39 Å². The molecule has 0 radical (unpaired) electrons. The fraction of sp³-hybridized carbons (Fsp3) is 0.312. The van der Waals surface area contributed by atoms with E-state index in [0.29, 0.717) is 5.56 Å². The van der Waals surface area contributed by atoms with E-state index in [1.807, 2.05) is 37.3 Å². The summed E-state index contributed by atoms with van der Waals surface area (Å²) in [7, 11) is 0. The van der Waals surface area contributed by atoms with Crippen molar-refractivity contribution in [1.29, 1.82) is 0 Å². The summed E-state index contributed by atoms with van der Waals surface area (Å²) in [6.45, 7) is 6.64. The Kier molecular flexibility index (Phi) is 4.27. The predicted molar refractivity (Wildman–Crippen MR) is 75.6 cm³/mol. The highest BCUT2D eigenvalue weighted by Crippen LogP contribution is 2.22. The fourth-order valence-electron chi connectivity index (χ4n) is 2.17. The van der Waals surface area contributed by atoms with E-state index in [4.69, 9.17) is 0 Å². The molecule has 0 bridgehead atoms. The van der Waals surface area contributed by atoms with Crippen LogP contribution in [0, 0.1) is 19.7 Å². The van der Waals surface area contributed by atoms with E-state index in [-0.39, 0.29) is 11.9 Å². The topological polar surface area (TPSA) is 24.9 Å². The monoisotopic (exact) mass is 258 g/mol. The van der Waals surface area contributed by atoms with Gasteiger partial charge in [-0.1, -0.05) is 25.1 Å². The molecule has 0 aliphatic rings. The van der Waals surface area contributed by atoms with E-state index >= 15 is 0 Å². The summed E-state index contributed by atoms with van der Waals surface area (Å²) in [5.74, 6) is -0.170. The first-order valence-corrected chi connectivity index (χ1v) is 6.54. The van der Waals surface area contributed by atoms with Gasteiger partial charge >= 0.3 is 0 Å². The van der Waals surface area contributed by atoms with Gasteiger partial charge in [-0.05, 0) is 49.7 Å². The number of nitrogens with zero attached hydrogens (tertiary/aromatic N) is 1. The molecule has 0 saturated heterocycles. The maximum Gasteiger partial charge on any atom is 0.126 e. The first-order valence-electron chi connectivity index (χ1n) is 6.54. The summed E-state index contributed by atoms with van der Waals surface area (Å²) in [5.41, 5.74) is 3.65. The number of halogens is 1. The molecule has 0 fully saturated rings. The van der Waals surface area contributed by atoms with Crippen molar-refractivity contribution in [3.8, 4) is 0 Å². The molecule has 2 nitrogen and oxygen atoms in total.